The summed E-state index contributed by atoms with van der Waals surface area (Å²) in [6.45, 7) is 0. The van der Waals surface area contributed by atoms with Crippen molar-refractivity contribution in [3.63, 3.8) is 0 Å². The van der Waals surface area contributed by atoms with E-state index in [1.54, 1.807) is 12.3 Å². The minimum atomic E-state index is -0.845. The van der Waals surface area contributed by atoms with Crippen molar-refractivity contribution in [3.8, 4) is 0 Å². The van der Waals surface area contributed by atoms with Crippen molar-refractivity contribution >= 4 is 27.4 Å². The van der Waals surface area contributed by atoms with Crippen molar-refractivity contribution in [3.05, 3.63) is 30.0 Å². The minimum Gasteiger partial charge on any atom is -0.398 e. The molecule has 4 heteroatoms. The Balaban J connectivity index is 2.48. The van der Waals surface area contributed by atoms with Gasteiger partial charge in [-0.1, -0.05) is 0 Å². The summed E-state index contributed by atoms with van der Waals surface area (Å²) in [5, 5.41) is 0.987. The van der Waals surface area contributed by atoms with Crippen LogP contribution in [0.1, 0.15) is 5.56 Å². The summed E-state index contributed by atoms with van der Waals surface area (Å²) in [4.78, 5) is 5.20. The van der Waals surface area contributed by atoms with E-state index in [4.69, 9.17) is 5.73 Å². The van der Waals surface area contributed by atoms with E-state index in [0.717, 1.165) is 33.5 Å². The second-order valence-corrected chi connectivity index (χ2v) is 5.18. The zero-order valence-corrected chi connectivity index (χ0v) is 8.88. The van der Waals surface area contributed by atoms with E-state index in [9.17, 15) is 4.21 Å². The van der Waals surface area contributed by atoms with Gasteiger partial charge in [-0.25, -0.2) is 0 Å². The Labute approximate surface area is 89.8 Å². The fourth-order valence-corrected chi connectivity index (χ4v) is 3.40. The second kappa shape index (κ2) is 3.03. The zero-order chi connectivity index (χ0) is 10.4. The maximum absolute atomic E-state index is 11.7. The van der Waals surface area contributed by atoms with E-state index in [0.29, 0.717) is 5.75 Å². The molecule has 3 rings (SSSR count). The van der Waals surface area contributed by atoms with Crippen LogP contribution >= 0.6 is 0 Å². The molecule has 0 radical (unpaired) electrons. The molecule has 0 saturated carbocycles. The van der Waals surface area contributed by atoms with Crippen molar-refractivity contribution in [2.75, 3.05) is 11.5 Å². The molecule has 2 heterocycles. The summed E-state index contributed by atoms with van der Waals surface area (Å²) < 4.78 is 11.7. The summed E-state index contributed by atoms with van der Waals surface area (Å²) in [7, 11) is -0.845. The van der Waals surface area contributed by atoms with E-state index < -0.39 is 10.8 Å². The number of pyridine rings is 1. The molecule has 2 N–H and O–H groups in total. The Kier molecular flexibility index (Phi) is 1.79. The molecule has 0 aliphatic carbocycles. The lowest BCUT2D eigenvalue weighted by Crippen LogP contribution is -1.93. The number of hydrogen-bond acceptors (Lipinski definition) is 3. The van der Waals surface area contributed by atoms with Crippen molar-refractivity contribution in [2.24, 2.45) is 0 Å². The van der Waals surface area contributed by atoms with E-state index in [-0.39, 0.29) is 0 Å². The van der Waals surface area contributed by atoms with Gasteiger partial charge in [0.2, 0.25) is 0 Å². The molecule has 1 unspecified atom stereocenters. The summed E-state index contributed by atoms with van der Waals surface area (Å²) in [5.74, 6) is 0.711. The van der Waals surface area contributed by atoms with E-state index in [1.165, 1.54) is 0 Å². The second-order valence-electron chi connectivity index (χ2n) is 3.64. The van der Waals surface area contributed by atoms with Gasteiger partial charge >= 0.3 is 0 Å². The Morgan fingerprint density at radius 3 is 3.07 bits per heavy atom. The SMILES string of the molecule is Nc1ccnc2ccc3c(c12)CCS3=O. The van der Waals surface area contributed by atoms with Gasteiger partial charge in [-0.05, 0) is 30.2 Å². The molecule has 15 heavy (non-hydrogen) atoms. The molecule has 1 aromatic heterocycles. The van der Waals surface area contributed by atoms with Crippen LogP contribution in [0, 0.1) is 0 Å². The number of anilines is 1. The van der Waals surface area contributed by atoms with Crippen LogP contribution in [0.15, 0.2) is 29.3 Å². The van der Waals surface area contributed by atoms with Gasteiger partial charge in [0, 0.05) is 27.9 Å². The van der Waals surface area contributed by atoms with Crippen LogP contribution in [0.25, 0.3) is 10.9 Å². The summed E-state index contributed by atoms with van der Waals surface area (Å²) >= 11 is 0. The van der Waals surface area contributed by atoms with E-state index in [2.05, 4.69) is 4.98 Å². The van der Waals surface area contributed by atoms with Crippen molar-refractivity contribution in [2.45, 2.75) is 11.3 Å². The normalized spacial score (nSPS) is 19.3. The first kappa shape index (κ1) is 8.85. The van der Waals surface area contributed by atoms with Gasteiger partial charge in [0.05, 0.1) is 16.3 Å². The van der Waals surface area contributed by atoms with Crippen LogP contribution in [0.5, 0.6) is 0 Å². The number of nitrogens with two attached hydrogens (primary N) is 1. The molecule has 3 nitrogen and oxygen atoms in total. The van der Waals surface area contributed by atoms with Crippen LogP contribution in [-0.2, 0) is 17.2 Å². The lowest BCUT2D eigenvalue weighted by molar-refractivity contribution is 0.685. The highest BCUT2D eigenvalue weighted by Crippen LogP contribution is 2.32. The van der Waals surface area contributed by atoms with E-state index >= 15 is 0 Å². The summed E-state index contributed by atoms with van der Waals surface area (Å²) in [5.41, 5.74) is 8.69. The number of benzene rings is 1. The van der Waals surface area contributed by atoms with Gasteiger partial charge in [-0.2, -0.15) is 0 Å². The smallest absolute Gasteiger partial charge is 0.0726 e. The first-order valence-electron chi connectivity index (χ1n) is 4.82. The molecule has 1 aliphatic rings. The quantitative estimate of drug-likeness (QED) is 0.728. The third kappa shape index (κ3) is 1.18. The van der Waals surface area contributed by atoms with Crippen molar-refractivity contribution < 1.29 is 4.21 Å². The number of rotatable bonds is 0. The highest BCUT2D eigenvalue weighted by molar-refractivity contribution is 7.85. The molecule has 0 fully saturated rings. The molecule has 76 valence electrons. The first-order chi connectivity index (χ1) is 7.27. The monoisotopic (exact) mass is 218 g/mol. The fraction of sp³-hybridized carbons (Fsp3) is 0.182. The molecule has 1 atom stereocenters. The average molecular weight is 218 g/mol. The molecular formula is C11H10N2OS. The number of fused-ring (bicyclic) bond motifs is 3. The van der Waals surface area contributed by atoms with Crippen LogP contribution in [-0.4, -0.2) is 14.9 Å². The van der Waals surface area contributed by atoms with Gasteiger partial charge in [0.1, 0.15) is 0 Å². The standard InChI is InChI=1S/C11H10N2OS/c12-8-3-5-13-9-1-2-10-7(11(8)9)4-6-15(10)14/h1-3,5H,4,6H2,(H2,12,13). The number of nitrogens with zero attached hydrogens (tertiary/aromatic N) is 1. The summed E-state index contributed by atoms with van der Waals surface area (Å²) in [6.07, 6.45) is 2.55. The van der Waals surface area contributed by atoms with Crippen LogP contribution < -0.4 is 5.73 Å². The number of nitrogen functional groups attached to an aromatic ring is 1. The molecule has 2 aromatic rings. The maximum Gasteiger partial charge on any atom is 0.0726 e. The minimum absolute atomic E-state index is 0.711. The zero-order valence-electron chi connectivity index (χ0n) is 8.06. The van der Waals surface area contributed by atoms with Gasteiger partial charge in [0.25, 0.3) is 0 Å². The predicted octanol–water partition coefficient (Wildman–Crippen LogP) is 1.48. The fourth-order valence-electron chi connectivity index (χ4n) is 2.09. The highest BCUT2D eigenvalue weighted by Gasteiger charge is 2.21. The van der Waals surface area contributed by atoms with Crippen molar-refractivity contribution in [1.82, 2.24) is 4.98 Å². The number of aromatic nitrogens is 1. The van der Waals surface area contributed by atoms with Crippen LogP contribution in [0.4, 0.5) is 5.69 Å². The Morgan fingerprint density at radius 2 is 2.20 bits per heavy atom. The number of hydrogen-bond donors (Lipinski definition) is 1. The van der Waals surface area contributed by atoms with Crippen LogP contribution in [0.2, 0.25) is 0 Å². The highest BCUT2D eigenvalue weighted by atomic mass is 32.2. The third-order valence-electron chi connectivity index (χ3n) is 2.79. The van der Waals surface area contributed by atoms with E-state index in [1.807, 2.05) is 12.1 Å². The molecule has 1 aromatic carbocycles. The maximum atomic E-state index is 11.7. The third-order valence-corrected chi connectivity index (χ3v) is 4.24. The molecule has 0 saturated heterocycles. The summed E-state index contributed by atoms with van der Waals surface area (Å²) in [6, 6.07) is 5.60. The molecule has 1 aliphatic heterocycles. The average Bonchev–Trinajstić information content (AvgIpc) is 2.61. The Hall–Kier alpha value is -1.42. The first-order valence-corrected chi connectivity index (χ1v) is 6.14. The van der Waals surface area contributed by atoms with Gasteiger partial charge in [-0.15, -0.1) is 0 Å². The van der Waals surface area contributed by atoms with Crippen molar-refractivity contribution in [1.29, 1.82) is 0 Å². The van der Waals surface area contributed by atoms with Crippen LogP contribution in [0.3, 0.4) is 0 Å². The Morgan fingerprint density at radius 1 is 1.33 bits per heavy atom. The lowest BCUT2D eigenvalue weighted by Gasteiger charge is -2.05. The predicted molar refractivity (Wildman–Crippen MR) is 61.1 cm³/mol. The van der Waals surface area contributed by atoms with Gasteiger partial charge < -0.3 is 5.73 Å². The molecule has 0 bridgehead atoms. The van der Waals surface area contributed by atoms with Gasteiger partial charge in [0.15, 0.2) is 0 Å². The molecular weight excluding hydrogens is 208 g/mol. The largest absolute Gasteiger partial charge is 0.398 e. The van der Waals surface area contributed by atoms with Gasteiger partial charge in [-0.3, -0.25) is 9.19 Å². The Bertz CT molecular complexity index is 580. The number of aryl methyl sites for hydroxylation is 1. The lowest BCUT2D eigenvalue weighted by atomic mass is 10.1. The topological polar surface area (TPSA) is 56.0 Å². The molecule has 0 spiro atoms. The molecule has 0 amide bonds.